The van der Waals surface area contributed by atoms with E-state index in [4.69, 9.17) is 4.52 Å². The van der Waals surface area contributed by atoms with Crippen LogP contribution in [0.1, 0.15) is 44.6 Å². The monoisotopic (exact) mass is 301 g/mol. The van der Waals surface area contributed by atoms with Crippen molar-refractivity contribution >= 4 is 5.91 Å². The number of aromatic nitrogens is 2. The second kappa shape index (κ2) is 8.32. The maximum absolute atomic E-state index is 11.6. The van der Waals surface area contributed by atoms with Crippen LogP contribution in [0.4, 0.5) is 0 Å². The van der Waals surface area contributed by atoms with Crippen LogP contribution >= 0.6 is 0 Å². The molecule has 0 saturated carbocycles. The predicted octanol–water partition coefficient (Wildman–Crippen LogP) is 3.15. The molecular formula is C17H23N3O2. The Labute approximate surface area is 131 Å². The number of carbonyl (C=O) groups is 1. The molecule has 1 heterocycles. The fourth-order valence-electron chi connectivity index (χ4n) is 2.08. The van der Waals surface area contributed by atoms with Gasteiger partial charge in [0.2, 0.25) is 17.6 Å². The molecule has 0 aliphatic rings. The van der Waals surface area contributed by atoms with E-state index in [9.17, 15) is 4.79 Å². The van der Waals surface area contributed by atoms with Crippen molar-refractivity contribution in [3.05, 3.63) is 35.7 Å². The molecule has 2 rings (SSSR count). The molecular weight excluding hydrogens is 278 g/mol. The summed E-state index contributed by atoms with van der Waals surface area (Å²) in [4.78, 5) is 16.0. The first-order chi connectivity index (χ1) is 10.7. The van der Waals surface area contributed by atoms with Crippen LogP contribution in [-0.2, 0) is 17.6 Å². The number of amides is 1. The Bertz CT molecular complexity index is 590. The maximum Gasteiger partial charge on any atom is 0.227 e. The van der Waals surface area contributed by atoms with E-state index in [0.29, 0.717) is 24.6 Å². The number of rotatable bonds is 8. The number of hydrogen-bond donors (Lipinski definition) is 1. The zero-order valence-electron chi connectivity index (χ0n) is 13.3. The Morgan fingerprint density at radius 1 is 1.23 bits per heavy atom. The third-order valence-corrected chi connectivity index (χ3v) is 3.51. The summed E-state index contributed by atoms with van der Waals surface area (Å²) in [5, 5.41) is 6.85. The molecule has 22 heavy (non-hydrogen) atoms. The van der Waals surface area contributed by atoms with Gasteiger partial charge in [-0.2, -0.15) is 4.98 Å². The minimum atomic E-state index is 0.0282. The number of benzene rings is 1. The topological polar surface area (TPSA) is 68.0 Å². The molecule has 1 aromatic heterocycles. The number of unbranched alkanes of at least 4 members (excludes halogenated alkanes) is 1. The van der Waals surface area contributed by atoms with E-state index in [0.717, 1.165) is 31.4 Å². The zero-order valence-corrected chi connectivity index (χ0v) is 13.3. The summed E-state index contributed by atoms with van der Waals surface area (Å²) in [5.74, 6) is 1.10. The third kappa shape index (κ3) is 4.69. The van der Waals surface area contributed by atoms with Crippen LogP contribution in [0.2, 0.25) is 0 Å². The molecule has 0 spiro atoms. The van der Waals surface area contributed by atoms with Crippen LogP contribution in [-0.4, -0.2) is 22.6 Å². The van der Waals surface area contributed by atoms with Crippen molar-refractivity contribution in [1.29, 1.82) is 0 Å². The lowest BCUT2D eigenvalue weighted by Crippen LogP contribution is -2.24. The molecule has 2 aromatic rings. The van der Waals surface area contributed by atoms with E-state index in [2.05, 4.69) is 41.4 Å². The summed E-state index contributed by atoms with van der Waals surface area (Å²) in [6.07, 6.45) is 3.93. The quantitative estimate of drug-likeness (QED) is 0.761. The van der Waals surface area contributed by atoms with Gasteiger partial charge in [-0.1, -0.05) is 49.7 Å². The Kier molecular flexibility index (Phi) is 6.13. The lowest BCUT2D eigenvalue weighted by Gasteiger charge is -2.01. The first kappa shape index (κ1) is 16.2. The van der Waals surface area contributed by atoms with Crippen molar-refractivity contribution in [2.24, 2.45) is 0 Å². The van der Waals surface area contributed by atoms with Crippen molar-refractivity contribution in [2.45, 2.75) is 46.0 Å². The van der Waals surface area contributed by atoms with Gasteiger partial charge in [-0.25, -0.2) is 0 Å². The highest BCUT2D eigenvalue weighted by Gasteiger charge is 2.10. The Morgan fingerprint density at radius 2 is 2.00 bits per heavy atom. The molecule has 118 valence electrons. The van der Waals surface area contributed by atoms with Crippen LogP contribution < -0.4 is 5.32 Å². The van der Waals surface area contributed by atoms with Crippen LogP contribution in [0.15, 0.2) is 28.8 Å². The number of carbonyl (C=O) groups excluding carboxylic acids is 1. The second-order valence-electron chi connectivity index (χ2n) is 5.27. The summed E-state index contributed by atoms with van der Waals surface area (Å²) in [6.45, 7) is 4.94. The van der Waals surface area contributed by atoms with Gasteiger partial charge in [0.1, 0.15) is 0 Å². The number of aryl methyl sites for hydroxylation is 2. The molecule has 0 radical (unpaired) electrons. The summed E-state index contributed by atoms with van der Waals surface area (Å²) >= 11 is 0. The molecule has 0 fully saturated rings. The van der Waals surface area contributed by atoms with Crippen LogP contribution in [0, 0.1) is 0 Å². The highest BCUT2D eigenvalue weighted by Crippen LogP contribution is 2.17. The normalized spacial score (nSPS) is 10.6. The summed E-state index contributed by atoms with van der Waals surface area (Å²) in [5.41, 5.74) is 2.20. The maximum atomic E-state index is 11.6. The number of hydrogen-bond acceptors (Lipinski definition) is 4. The molecule has 5 heteroatoms. The van der Waals surface area contributed by atoms with E-state index in [1.165, 1.54) is 5.56 Å². The van der Waals surface area contributed by atoms with Gasteiger partial charge in [0.25, 0.3) is 0 Å². The molecule has 1 N–H and O–H groups in total. The van der Waals surface area contributed by atoms with Crippen molar-refractivity contribution in [3.8, 4) is 11.4 Å². The third-order valence-electron chi connectivity index (χ3n) is 3.51. The lowest BCUT2D eigenvalue weighted by molar-refractivity contribution is -0.121. The smallest absolute Gasteiger partial charge is 0.227 e. The number of nitrogens with zero attached hydrogens (tertiary/aromatic N) is 2. The van der Waals surface area contributed by atoms with Gasteiger partial charge in [-0.15, -0.1) is 0 Å². The van der Waals surface area contributed by atoms with E-state index in [1.807, 2.05) is 12.1 Å². The average Bonchev–Trinajstić information content (AvgIpc) is 3.02. The standard InChI is InChI=1S/C17H23N3O2/c1-3-5-12-18-15(21)10-11-16-19-17(20-22-16)14-8-6-13(4-2)7-9-14/h6-9H,3-5,10-12H2,1-2H3,(H,18,21). The van der Waals surface area contributed by atoms with E-state index in [-0.39, 0.29) is 5.91 Å². The van der Waals surface area contributed by atoms with Crippen LogP contribution in [0.3, 0.4) is 0 Å². The Morgan fingerprint density at radius 3 is 2.68 bits per heavy atom. The summed E-state index contributed by atoms with van der Waals surface area (Å²) in [6, 6.07) is 8.11. The van der Waals surface area contributed by atoms with Crippen molar-refractivity contribution in [2.75, 3.05) is 6.54 Å². The molecule has 0 aliphatic heterocycles. The molecule has 1 amide bonds. The highest BCUT2D eigenvalue weighted by molar-refractivity contribution is 5.75. The fourth-order valence-corrected chi connectivity index (χ4v) is 2.08. The van der Waals surface area contributed by atoms with Crippen molar-refractivity contribution in [3.63, 3.8) is 0 Å². The highest BCUT2D eigenvalue weighted by atomic mass is 16.5. The van der Waals surface area contributed by atoms with E-state index >= 15 is 0 Å². The summed E-state index contributed by atoms with van der Waals surface area (Å²) in [7, 11) is 0. The van der Waals surface area contributed by atoms with Crippen molar-refractivity contribution < 1.29 is 9.32 Å². The number of nitrogens with one attached hydrogen (secondary N) is 1. The molecule has 0 saturated heterocycles. The molecule has 5 nitrogen and oxygen atoms in total. The molecule has 1 aromatic carbocycles. The minimum Gasteiger partial charge on any atom is -0.356 e. The van der Waals surface area contributed by atoms with Gasteiger partial charge < -0.3 is 9.84 Å². The zero-order chi connectivity index (χ0) is 15.8. The van der Waals surface area contributed by atoms with Crippen molar-refractivity contribution in [1.82, 2.24) is 15.5 Å². The Hall–Kier alpha value is -2.17. The van der Waals surface area contributed by atoms with Gasteiger partial charge in [0, 0.05) is 24.9 Å². The van der Waals surface area contributed by atoms with Gasteiger partial charge in [0.15, 0.2) is 0 Å². The molecule has 0 unspecified atom stereocenters. The van der Waals surface area contributed by atoms with Gasteiger partial charge in [0.05, 0.1) is 0 Å². The fraction of sp³-hybridized carbons (Fsp3) is 0.471. The Balaban J connectivity index is 1.86. The SMILES string of the molecule is CCCCNC(=O)CCc1nc(-c2ccc(CC)cc2)no1. The molecule has 0 atom stereocenters. The average molecular weight is 301 g/mol. The predicted molar refractivity (Wildman–Crippen MR) is 85.4 cm³/mol. The molecule has 0 bridgehead atoms. The minimum absolute atomic E-state index is 0.0282. The lowest BCUT2D eigenvalue weighted by atomic mass is 10.1. The summed E-state index contributed by atoms with van der Waals surface area (Å²) < 4.78 is 5.21. The first-order valence-corrected chi connectivity index (χ1v) is 7.91. The van der Waals surface area contributed by atoms with Crippen LogP contribution in [0.25, 0.3) is 11.4 Å². The van der Waals surface area contributed by atoms with E-state index in [1.54, 1.807) is 0 Å². The van der Waals surface area contributed by atoms with Gasteiger partial charge >= 0.3 is 0 Å². The van der Waals surface area contributed by atoms with Gasteiger partial charge in [-0.05, 0) is 18.4 Å². The van der Waals surface area contributed by atoms with Crippen LogP contribution in [0.5, 0.6) is 0 Å². The van der Waals surface area contributed by atoms with E-state index < -0.39 is 0 Å². The first-order valence-electron chi connectivity index (χ1n) is 7.91. The largest absolute Gasteiger partial charge is 0.356 e. The second-order valence-corrected chi connectivity index (χ2v) is 5.27. The molecule has 0 aliphatic carbocycles. The van der Waals surface area contributed by atoms with Gasteiger partial charge in [-0.3, -0.25) is 4.79 Å².